The highest BCUT2D eigenvalue weighted by Gasteiger charge is 2.24. The van der Waals surface area contributed by atoms with Gasteiger partial charge in [0.1, 0.15) is 17.5 Å². The maximum absolute atomic E-state index is 13.5. The summed E-state index contributed by atoms with van der Waals surface area (Å²) in [7, 11) is -4.57. The topological polar surface area (TPSA) is 75.3 Å². The Morgan fingerprint density at radius 3 is 2.25 bits per heavy atom. The monoisotopic (exact) mass is 378 g/mol. The molecule has 5 nitrogen and oxygen atoms in total. The lowest BCUT2D eigenvalue weighted by Gasteiger charge is -2.09. The second kappa shape index (κ2) is 7.20. The summed E-state index contributed by atoms with van der Waals surface area (Å²) in [5.74, 6) is -4.09. The van der Waals surface area contributed by atoms with Crippen LogP contribution in [-0.2, 0) is 14.8 Å². The third kappa shape index (κ3) is 4.25. The second-order valence-electron chi connectivity index (χ2n) is 4.55. The van der Waals surface area contributed by atoms with E-state index in [9.17, 15) is 26.4 Å². The molecule has 2 aromatic carbocycles. The van der Waals surface area contributed by atoms with E-state index in [-0.39, 0.29) is 10.7 Å². The minimum atomic E-state index is -4.57. The summed E-state index contributed by atoms with van der Waals surface area (Å²) in [6.07, 6.45) is 0. The number of carbonyl (C=O) groups is 1. The van der Waals surface area contributed by atoms with Crippen LogP contribution in [0, 0.1) is 17.5 Å². The van der Waals surface area contributed by atoms with Crippen molar-refractivity contribution < 1.29 is 26.4 Å². The van der Waals surface area contributed by atoms with Gasteiger partial charge >= 0.3 is 0 Å². The molecule has 0 heterocycles. The molecule has 0 saturated heterocycles. The Labute approximate surface area is 140 Å². The van der Waals surface area contributed by atoms with Crippen LogP contribution in [0.15, 0.2) is 41.3 Å². The standard InChI is InChI=1S/C14H10ClF3N2O3S/c15-9-6-8(4-5-10(9)16)20-13(21)7-19-24(22,23)14-11(17)2-1-3-12(14)18/h1-6,19H,7H2,(H,20,21). The minimum absolute atomic E-state index is 0.127. The molecule has 0 fully saturated rings. The van der Waals surface area contributed by atoms with Gasteiger partial charge in [-0.05, 0) is 30.3 Å². The molecule has 0 atom stereocenters. The molecule has 128 valence electrons. The third-order valence-electron chi connectivity index (χ3n) is 2.81. The van der Waals surface area contributed by atoms with Crippen LogP contribution in [-0.4, -0.2) is 20.9 Å². The Bertz CT molecular complexity index is 871. The zero-order valence-corrected chi connectivity index (χ0v) is 13.4. The molecular weight excluding hydrogens is 369 g/mol. The maximum Gasteiger partial charge on any atom is 0.246 e. The number of amides is 1. The van der Waals surface area contributed by atoms with Crippen molar-refractivity contribution in [2.45, 2.75) is 4.90 Å². The molecule has 0 spiro atoms. The number of nitrogens with one attached hydrogen (secondary N) is 2. The van der Waals surface area contributed by atoms with Crippen molar-refractivity contribution >= 4 is 33.2 Å². The fourth-order valence-electron chi connectivity index (χ4n) is 1.75. The summed E-state index contributed by atoms with van der Waals surface area (Å²) in [5, 5.41) is 2.02. The third-order valence-corrected chi connectivity index (χ3v) is 4.56. The number of hydrogen-bond donors (Lipinski definition) is 2. The molecule has 1 amide bonds. The van der Waals surface area contributed by atoms with Crippen LogP contribution in [0.5, 0.6) is 0 Å². The highest BCUT2D eigenvalue weighted by Crippen LogP contribution is 2.20. The lowest BCUT2D eigenvalue weighted by atomic mass is 10.3. The number of hydrogen-bond acceptors (Lipinski definition) is 3. The predicted octanol–water partition coefficient (Wildman–Crippen LogP) is 2.67. The van der Waals surface area contributed by atoms with Crippen LogP contribution >= 0.6 is 11.6 Å². The summed E-state index contributed by atoms with van der Waals surface area (Å²) in [6, 6.07) is 5.91. The van der Waals surface area contributed by atoms with Gasteiger partial charge in [-0.25, -0.2) is 26.3 Å². The summed E-state index contributed by atoms with van der Waals surface area (Å²) in [5.41, 5.74) is 0.127. The highest BCUT2D eigenvalue weighted by atomic mass is 35.5. The first-order valence-corrected chi connectivity index (χ1v) is 8.25. The van der Waals surface area contributed by atoms with Gasteiger partial charge in [-0.1, -0.05) is 17.7 Å². The van der Waals surface area contributed by atoms with Gasteiger partial charge in [0.2, 0.25) is 15.9 Å². The van der Waals surface area contributed by atoms with Gasteiger partial charge in [0.05, 0.1) is 11.6 Å². The van der Waals surface area contributed by atoms with Gasteiger partial charge < -0.3 is 5.32 Å². The second-order valence-corrected chi connectivity index (χ2v) is 6.66. The number of anilines is 1. The fraction of sp³-hybridized carbons (Fsp3) is 0.0714. The molecule has 0 aliphatic carbocycles. The van der Waals surface area contributed by atoms with Crippen molar-refractivity contribution in [3.63, 3.8) is 0 Å². The van der Waals surface area contributed by atoms with Crippen molar-refractivity contribution in [3.8, 4) is 0 Å². The number of sulfonamides is 1. The van der Waals surface area contributed by atoms with E-state index in [4.69, 9.17) is 11.6 Å². The fourth-order valence-corrected chi connectivity index (χ4v) is 3.05. The van der Waals surface area contributed by atoms with Crippen LogP contribution in [0.1, 0.15) is 0 Å². The van der Waals surface area contributed by atoms with Gasteiger partial charge in [0.15, 0.2) is 4.90 Å². The van der Waals surface area contributed by atoms with Gasteiger partial charge in [0, 0.05) is 5.69 Å². The van der Waals surface area contributed by atoms with Gasteiger partial charge in [-0.2, -0.15) is 0 Å². The summed E-state index contributed by atoms with van der Waals surface area (Å²) < 4.78 is 65.5. The quantitative estimate of drug-likeness (QED) is 0.840. The van der Waals surface area contributed by atoms with E-state index in [0.29, 0.717) is 0 Å². The molecule has 0 aliphatic heterocycles. The molecule has 0 radical (unpaired) electrons. The van der Waals surface area contributed by atoms with E-state index in [1.54, 1.807) is 4.72 Å². The normalized spacial score (nSPS) is 11.3. The van der Waals surface area contributed by atoms with Crippen LogP contribution in [0.2, 0.25) is 5.02 Å². The van der Waals surface area contributed by atoms with Crippen LogP contribution in [0.3, 0.4) is 0 Å². The lowest BCUT2D eigenvalue weighted by molar-refractivity contribution is -0.115. The molecule has 24 heavy (non-hydrogen) atoms. The van der Waals surface area contributed by atoms with Crippen molar-refractivity contribution in [2.24, 2.45) is 0 Å². The molecular formula is C14H10ClF3N2O3S. The van der Waals surface area contributed by atoms with Crippen LogP contribution < -0.4 is 10.0 Å². The molecule has 2 aromatic rings. The molecule has 10 heteroatoms. The Morgan fingerprint density at radius 1 is 1.04 bits per heavy atom. The van der Waals surface area contributed by atoms with E-state index < -0.39 is 44.8 Å². The smallest absolute Gasteiger partial charge is 0.246 e. The first kappa shape index (κ1) is 18.2. The first-order chi connectivity index (χ1) is 11.2. The van der Waals surface area contributed by atoms with E-state index in [1.807, 2.05) is 0 Å². The molecule has 0 aromatic heterocycles. The average molecular weight is 379 g/mol. The van der Waals surface area contributed by atoms with E-state index in [2.05, 4.69) is 5.32 Å². The molecule has 2 N–H and O–H groups in total. The summed E-state index contributed by atoms with van der Waals surface area (Å²) in [4.78, 5) is 10.5. The van der Waals surface area contributed by atoms with Crippen LogP contribution in [0.25, 0.3) is 0 Å². The van der Waals surface area contributed by atoms with E-state index in [0.717, 1.165) is 30.3 Å². The summed E-state index contributed by atoms with van der Waals surface area (Å²) in [6.45, 7) is -0.787. The molecule has 0 unspecified atom stereocenters. The largest absolute Gasteiger partial charge is 0.325 e. The van der Waals surface area contributed by atoms with Crippen molar-refractivity contribution in [2.75, 3.05) is 11.9 Å². The number of halogens is 4. The zero-order chi connectivity index (χ0) is 17.9. The maximum atomic E-state index is 13.5. The van der Waals surface area contributed by atoms with Gasteiger partial charge in [-0.15, -0.1) is 0 Å². The van der Waals surface area contributed by atoms with E-state index in [1.165, 1.54) is 6.07 Å². The van der Waals surface area contributed by atoms with E-state index >= 15 is 0 Å². The SMILES string of the molecule is O=C(CNS(=O)(=O)c1c(F)cccc1F)Nc1ccc(F)c(Cl)c1. The lowest BCUT2D eigenvalue weighted by Crippen LogP contribution is -2.33. The Balaban J connectivity index is 2.06. The minimum Gasteiger partial charge on any atom is -0.325 e. The predicted molar refractivity (Wildman–Crippen MR) is 81.6 cm³/mol. The van der Waals surface area contributed by atoms with Crippen molar-refractivity contribution in [3.05, 3.63) is 58.9 Å². The Hall–Kier alpha value is -2.10. The molecule has 0 saturated carbocycles. The van der Waals surface area contributed by atoms with Gasteiger partial charge in [-0.3, -0.25) is 4.79 Å². The number of benzene rings is 2. The Kier molecular flexibility index (Phi) is 5.47. The zero-order valence-electron chi connectivity index (χ0n) is 11.8. The molecule has 0 bridgehead atoms. The average Bonchev–Trinajstić information content (AvgIpc) is 2.49. The number of carbonyl (C=O) groups excluding carboxylic acids is 1. The highest BCUT2D eigenvalue weighted by molar-refractivity contribution is 7.89. The van der Waals surface area contributed by atoms with Crippen molar-refractivity contribution in [1.29, 1.82) is 0 Å². The molecule has 2 rings (SSSR count). The first-order valence-electron chi connectivity index (χ1n) is 6.39. The van der Waals surface area contributed by atoms with Crippen molar-refractivity contribution in [1.82, 2.24) is 4.72 Å². The van der Waals surface area contributed by atoms with Crippen LogP contribution in [0.4, 0.5) is 18.9 Å². The molecule has 0 aliphatic rings. The van der Waals surface area contributed by atoms with Gasteiger partial charge in [0.25, 0.3) is 0 Å². The number of rotatable bonds is 5. The summed E-state index contributed by atoms with van der Waals surface area (Å²) >= 11 is 5.54. The Morgan fingerprint density at radius 2 is 1.67 bits per heavy atom.